The monoisotopic (exact) mass is 206 g/mol. The molecule has 1 radical (unpaired) electrons. The molecule has 1 nitrogen and oxygen atoms in total. The van der Waals surface area contributed by atoms with Crippen molar-refractivity contribution in [3.8, 4) is 6.07 Å². The minimum Gasteiger partial charge on any atom is -0.207 e. The van der Waals surface area contributed by atoms with E-state index in [2.05, 4.69) is 0 Å². The lowest BCUT2D eigenvalue weighted by Gasteiger charge is -2.11. The van der Waals surface area contributed by atoms with Crippen LogP contribution in [-0.2, 0) is 0 Å². The summed E-state index contributed by atoms with van der Waals surface area (Å²) in [5, 5.41) is 8.55. The Labute approximate surface area is 87.3 Å². The molecule has 0 aromatic heterocycles. The van der Waals surface area contributed by atoms with Crippen LogP contribution in [0.4, 0.5) is 8.78 Å². The molecule has 0 aliphatic heterocycles. The molecule has 0 heterocycles. The van der Waals surface area contributed by atoms with Gasteiger partial charge in [0.2, 0.25) is 0 Å². The predicted octanol–water partition coefficient (Wildman–Crippen LogP) is 3.33. The molecule has 2 rings (SSSR count). The van der Waals surface area contributed by atoms with E-state index in [0.29, 0.717) is 0 Å². The molecule has 15 heavy (non-hydrogen) atoms. The third-order valence-electron chi connectivity index (χ3n) is 2.73. The molecule has 1 saturated carbocycles. The maximum Gasteiger partial charge on any atom is 0.131 e. The lowest BCUT2D eigenvalue weighted by molar-refractivity contribution is 0.559. The third kappa shape index (κ3) is 1.85. The summed E-state index contributed by atoms with van der Waals surface area (Å²) in [6.45, 7) is 0. The average Bonchev–Trinajstić information content (AvgIpc) is 2.69. The van der Waals surface area contributed by atoms with E-state index in [0.717, 1.165) is 43.7 Å². The zero-order chi connectivity index (χ0) is 10.8. The molecule has 0 N–H and O–H groups in total. The van der Waals surface area contributed by atoms with Crippen LogP contribution in [0.3, 0.4) is 0 Å². The largest absolute Gasteiger partial charge is 0.207 e. The van der Waals surface area contributed by atoms with E-state index in [-0.39, 0.29) is 11.1 Å². The maximum atomic E-state index is 13.5. The van der Waals surface area contributed by atoms with Crippen molar-refractivity contribution in [2.24, 2.45) is 0 Å². The van der Waals surface area contributed by atoms with Crippen molar-refractivity contribution in [2.45, 2.75) is 25.7 Å². The summed E-state index contributed by atoms with van der Waals surface area (Å²) >= 11 is 0. The van der Waals surface area contributed by atoms with Crippen LogP contribution < -0.4 is 0 Å². The fourth-order valence-electron chi connectivity index (χ4n) is 2.03. The summed E-state index contributed by atoms with van der Waals surface area (Å²) in [5.41, 5.74) is 0.124. The summed E-state index contributed by atoms with van der Waals surface area (Å²) in [6.07, 6.45) is 3.52. The van der Waals surface area contributed by atoms with Gasteiger partial charge in [0.05, 0.1) is 11.6 Å². The Morgan fingerprint density at radius 2 is 1.60 bits per heavy atom. The highest BCUT2D eigenvalue weighted by atomic mass is 19.1. The van der Waals surface area contributed by atoms with Crippen LogP contribution in [0, 0.1) is 28.9 Å². The van der Waals surface area contributed by atoms with Gasteiger partial charge in [0.15, 0.2) is 0 Å². The van der Waals surface area contributed by atoms with E-state index < -0.39 is 11.6 Å². The van der Waals surface area contributed by atoms with Gasteiger partial charge in [-0.15, -0.1) is 0 Å². The van der Waals surface area contributed by atoms with Gasteiger partial charge < -0.3 is 0 Å². The first-order valence-corrected chi connectivity index (χ1v) is 4.96. The second-order valence-corrected chi connectivity index (χ2v) is 3.74. The lowest BCUT2D eigenvalue weighted by Crippen LogP contribution is -2.02. The molecule has 77 valence electrons. The van der Waals surface area contributed by atoms with Gasteiger partial charge in [-0.2, -0.15) is 5.26 Å². The normalized spacial score (nSPS) is 16.6. The minimum atomic E-state index is -0.608. The maximum absolute atomic E-state index is 13.5. The van der Waals surface area contributed by atoms with Gasteiger partial charge in [-0.05, 0) is 25.0 Å². The predicted molar refractivity (Wildman–Crippen MR) is 51.9 cm³/mol. The molecule has 0 amide bonds. The highest BCUT2D eigenvalue weighted by Gasteiger charge is 2.24. The molecule has 1 fully saturated rings. The molecule has 3 heteroatoms. The van der Waals surface area contributed by atoms with Crippen molar-refractivity contribution >= 4 is 0 Å². The smallest absolute Gasteiger partial charge is 0.131 e. The van der Waals surface area contributed by atoms with E-state index in [4.69, 9.17) is 5.26 Å². The minimum absolute atomic E-state index is 0.0346. The van der Waals surface area contributed by atoms with Gasteiger partial charge in [0.1, 0.15) is 11.6 Å². The molecular weight excluding hydrogens is 196 g/mol. The molecule has 0 bridgehead atoms. The molecule has 1 aliphatic rings. The lowest BCUT2D eigenvalue weighted by atomic mass is 9.95. The Balaban J connectivity index is 2.43. The molecular formula is C12H10F2N. The Bertz CT molecular complexity index is 391. The summed E-state index contributed by atoms with van der Waals surface area (Å²) in [5.74, 6) is -0.374. The first-order valence-electron chi connectivity index (χ1n) is 4.96. The topological polar surface area (TPSA) is 23.8 Å². The van der Waals surface area contributed by atoms with Gasteiger partial charge in [-0.3, -0.25) is 0 Å². The number of nitrogens with zero attached hydrogens (tertiary/aromatic N) is 1. The summed E-state index contributed by atoms with van der Waals surface area (Å²) < 4.78 is 27.1. The molecule has 0 unspecified atom stereocenters. The van der Waals surface area contributed by atoms with E-state index in [1.807, 2.05) is 0 Å². The summed E-state index contributed by atoms with van der Waals surface area (Å²) in [4.78, 5) is 0. The second kappa shape index (κ2) is 3.98. The van der Waals surface area contributed by atoms with E-state index in [1.54, 1.807) is 6.07 Å². The second-order valence-electron chi connectivity index (χ2n) is 3.74. The van der Waals surface area contributed by atoms with Gasteiger partial charge in [-0.1, -0.05) is 12.8 Å². The molecule has 0 spiro atoms. The van der Waals surface area contributed by atoms with Gasteiger partial charge >= 0.3 is 0 Å². The van der Waals surface area contributed by atoms with Crippen molar-refractivity contribution in [2.75, 3.05) is 0 Å². The highest BCUT2D eigenvalue weighted by molar-refractivity contribution is 5.41. The van der Waals surface area contributed by atoms with Crippen LogP contribution in [0.15, 0.2) is 12.1 Å². The first kappa shape index (κ1) is 10.1. The Kier molecular flexibility index (Phi) is 2.68. The standard InChI is InChI=1S/C12H10F2N/c13-10-5-8(7-15)6-11(14)12(10)9-3-1-2-4-9/h5-6H,1-4H2. The Hall–Kier alpha value is -1.43. The summed E-state index contributed by atoms with van der Waals surface area (Å²) in [6, 6.07) is 3.94. The molecule has 0 atom stereocenters. The number of nitriles is 1. The van der Waals surface area contributed by atoms with Crippen molar-refractivity contribution in [1.82, 2.24) is 0 Å². The molecule has 0 saturated heterocycles. The number of rotatable bonds is 1. The number of halogens is 2. The number of benzene rings is 1. The Morgan fingerprint density at radius 3 is 2.07 bits per heavy atom. The van der Waals surface area contributed by atoms with Crippen molar-refractivity contribution in [1.29, 1.82) is 5.26 Å². The van der Waals surface area contributed by atoms with Crippen LogP contribution in [-0.4, -0.2) is 0 Å². The van der Waals surface area contributed by atoms with Crippen molar-refractivity contribution in [3.05, 3.63) is 40.8 Å². The van der Waals surface area contributed by atoms with Gasteiger partial charge in [0.25, 0.3) is 0 Å². The van der Waals surface area contributed by atoms with E-state index >= 15 is 0 Å². The van der Waals surface area contributed by atoms with Crippen LogP contribution in [0.5, 0.6) is 0 Å². The Morgan fingerprint density at radius 1 is 1.07 bits per heavy atom. The fourth-order valence-corrected chi connectivity index (χ4v) is 2.03. The van der Waals surface area contributed by atoms with Gasteiger partial charge in [0, 0.05) is 11.5 Å². The highest BCUT2D eigenvalue weighted by Crippen LogP contribution is 2.36. The quantitative estimate of drug-likeness (QED) is 0.691. The van der Waals surface area contributed by atoms with Gasteiger partial charge in [-0.25, -0.2) is 8.78 Å². The van der Waals surface area contributed by atoms with Crippen molar-refractivity contribution in [3.63, 3.8) is 0 Å². The van der Waals surface area contributed by atoms with E-state index in [9.17, 15) is 8.78 Å². The average molecular weight is 206 g/mol. The SMILES string of the molecule is N#Cc1cc(F)c([C]2CCCC2)c(F)c1. The fraction of sp³-hybridized carbons (Fsp3) is 0.333. The van der Waals surface area contributed by atoms with Crippen LogP contribution in [0.2, 0.25) is 0 Å². The van der Waals surface area contributed by atoms with Crippen LogP contribution >= 0.6 is 0 Å². The van der Waals surface area contributed by atoms with Crippen LogP contribution in [0.25, 0.3) is 0 Å². The zero-order valence-corrected chi connectivity index (χ0v) is 8.19. The molecule has 1 aromatic rings. The molecule has 1 aromatic carbocycles. The zero-order valence-electron chi connectivity index (χ0n) is 8.19. The molecule has 1 aliphatic carbocycles. The summed E-state index contributed by atoms with van der Waals surface area (Å²) in [7, 11) is 0. The number of hydrogen-bond acceptors (Lipinski definition) is 1. The third-order valence-corrected chi connectivity index (χ3v) is 2.73. The first-order chi connectivity index (χ1) is 7.22. The van der Waals surface area contributed by atoms with E-state index in [1.165, 1.54) is 0 Å². The van der Waals surface area contributed by atoms with Crippen molar-refractivity contribution < 1.29 is 8.78 Å². The number of hydrogen-bond donors (Lipinski definition) is 0. The van der Waals surface area contributed by atoms with Crippen LogP contribution in [0.1, 0.15) is 36.8 Å².